The Morgan fingerprint density at radius 3 is 3.00 bits per heavy atom. The fraction of sp³-hybridized carbons (Fsp3) is 0.125. The number of furan rings is 1. The summed E-state index contributed by atoms with van der Waals surface area (Å²) in [6, 6.07) is 6.35. The first-order valence-electron chi connectivity index (χ1n) is 7.43. The number of hydrogen-bond donors (Lipinski definition) is 3. The Labute approximate surface area is 142 Å². The van der Waals surface area contributed by atoms with Crippen molar-refractivity contribution in [3.63, 3.8) is 0 Å². The average molecular weight is 340 g/mol. The first-order valence-corrected chi connectivity index (χ1v) is 7.43. The minimum atomic E-state index is -0.828. The van der Waals surface area contributed by atoms with E-state index in [0.29, 0.717) is 23.8 Å². The number of nitrogens with one attached hydrogen (secondary N) is 2. The first kappa shape index (κ1) is 16.2. The number of pyridine rings is 1. The van der Waals surface area contributed by atoms with Gasteiger partial charge in [0.15, 0.2) is 0 Å². The molecule has 3 aromatic heterocycles. The van der Waals surface area contributed by atoms with E-state index in [4.69, 9.17) is 10.2 Å². The van der Waals surface area contributed by atoms with Crippen molar-refractivity contribution in [2.45, 2.75) is 13.5 Å². The smallest absolute Gasteiger partial charge is 0.332 e. The molecule has 0 aliphatic rings. The Morgan fingerprint density at radius 2 is 2.28 bits per heavy atom. The second-order valence-corrected chi connectivity index (χ2v) is 5.23. The highest BCUT2D eigenvalue weighted by Crippen LogP contribution is 2.13. The Bertz CT molecular complexity index is 991. The molecule has 0 aromatic carbocycles. The van der Waals surface area contributed by atoms with Crippen molar-refractivity contribution < 1.29 is 9.21 Å². The monoisotopic (exact) mass is 340 g/mol. The quantitative estimate of drug-likeness (QED) is 0.475. The van der Waals surface area contributed by atoms with E-state index >= 15 is 0 Å². The van der Waals surface area contributed by atoms with Crippen molar-refractivity contribution in [1.29, 1.82) is 0 Å². The summed E-state index contributed by atoms with van der Waals surface area (Å²) >= 11 is 0. The van der Waals surface area contributed by atoms with Gasteiger partial charge in [0.2, 0.25) is 0 Å². The van der Waals surface area contributed by atoms with Crippen molar-refractivity contribution in [3.05, 3.63) is 64.0 Å². The third-order valence-electron chi connectivity index (χ3n) is 3.46. The topological polar surface area (TPSA) is 127 Å². The van der Waals surface area contributed by atoms with Crippen molar-refractivity contribution in [1.82, 2.24) is 14.8 Å². The molecule has 0 bridgehead atoms. The molecule has 0 spiro atoms. The molecule has 0 atom stereocenters. The Morgan fingerprint density at radius 1 is 1.44 bits per heavy atom. The lowest BCUT2D eigenvalue weighted by molar-refractivity contribution is 0.249. The van der Waals surface area contributed by atoms with Gasteiger partial charge in [-0.2, -0.15) is 5.10 Å². The molecule has 0 unspecified atom stereocenters. The molecule has 0 saturated heterocycles. The van der Waals surface area contributed by atoms with Crippen LogP contribution in [0.25, 0.3) is 5.65 Å². The molecule has 0 aliphatic heterocycles. The van der Waals surface area contributed by atoms with E-state index < -0.39 is 6.03 Å². The molecule has 2 amide bonds. The van der Waals surface area contributed by atoms with Gasteiger partial charge >= 0.3 is 6.03 Å². The molecule has 0 fully saturated rings. The molecule has 0 aliphatic carbocycles. The lowest BCUT2D eigenvalue weighted by Gasteiger charge is -2.10. The molecule has 9 nitrogen and oxygen atoms in total. The zero-order valence-corrected chi connectivity index (χ0v) is 13.4. The first-order chi connectivity index (χ1) is 12.1. The number of aromatic nitrogens is 2. The highest BCUT2D eigenvalue weighted by molar-refractivity contribution is 5.87. The van der Waals surface area contributed by atoms with E-state index in [-0.39, 0.29) is 11.1 Å². The number of nitrogens with two attached hydrogens (primary N) is 1. The number of anilines is 1. The lowest BCUT2D eigenvalue weighted by atomic mass is 10.2. The summed E-state index contributed by atoms with van der Waals surface area (Å²) in [5.74, 6) is 1.01. The highest BCUT2D eigenvalue weighted by atomic mass is 16.3. The second kappa shape index (κ2) is 6.87. The van der Waals surface area contributed by atoms with Crippen LogP contribution in [0.3, 0.4) is 0 Å². The van der Waals surface area contributed by atoms with Gasteiger partial charge in [-0.15, -0.1) is 0 Å². The zero-order valence-electron chi connectivity index (χ0n) is 13.4. The van der Waals surface area contributed by atoms with Gasteiger partial charge in [0.25, 0.3) is 5.56 Å². The van der Waals surface area contributed by atoms with Gasteiger partial charge in [-0.25, -0.2) is 15.2 Å². The van der Waals surface area contributed by atoms with E-state index in [1.165, 1.54) is 10.6 Å². The second-order valence-electron chi connectivity index (χ2n) is 5.23. The predicted molar refractivity (Wildman–Crippen MR) is 92.5 cm³/mol. The number of carbonyl (C=O) groups is 1. The summed E-state index contributed by atoms with van der Waals surface area (Å²) in [6.45, 7) is 2.20. The van der Waals surface area contributed by atoms with Crippen LogP contribution in [0.2, 0.25) is 0 Å². The van der Waals surface area contributed by atoms with Crippen LogP contribution >= 0.6 is 0 Å². The Kier molecular flexibility index (Phi) is 4.46. The standard InChI is InChI=1S/C16H16N6O3/c1-10-4-2-6-22-14(10)20-13(18-8-11-5-3-7-25-11)12(15(22)23)9-19-21-16(17)24/h2-7,9,18H,8H2,1H3,(H3,17,21,24). The normalized spacial score (nSPS) is 11.1. The van der Waals surface area contributed by atoms with Gasteiger partial charge in [-0.1, -0.05) is 6.07 Å². The number of amides is 2. The molecule has 4 N–H and O–H groups in total. The molecule has 128 valence electrons. The van der Waals surface area contributed by atoms with Crippen LogP contribution in [0.1, 0.15) is 16.9 Å². The zero-order chi connectivity index (χ0) is 17.8. The molecule has 0 saturated carbocycles. The van der Waals surface area contributed by atoms with Crippen LogP contribution in [-0.2, 0) is 6.54 Å². The van der Waals surface area contributed by atoms with Crippen molar-refractivity contribution in [3.8, 4) is 0 Å². The van der Waals surface area contributed by atoms with Crippen LogP contribution in [0.15, 0.2) is 51.0 Å². The number of aryl methyl sites for hydroxylation is 1. The Balaban J connectivity index is 2.06. The third kappa shape index (κ3) is 3.50. The van der Waals surface area contributed by atoms with Crippen molar-refractivity contribution in [2.75, 3.05) is 5.32 Å². The van der Waals surface area contributed by atoms with Gasteiger partial charge in [-0.05, 0) is 30.7 Å². The summed E-state index contributed by atoms with van der Waals surface area (Å²) < 4.78 is 6.68. The fourth-order valence-electron chi connectivity index (χ4n) is 2.31. The van der Waals surface area contributed by atoms with Gasteiger partial charge in [-0.3, -0.25) is 9.20 Å². The Hall–Kier alpha value is -3.62. The van der Waals surface area contributed by atoms with Crippen LogP contribution in [0.5, 0.6) is 0 Å². The number of rotatable bonds is 5. The predicted octanol–water partition coefficient (Wildman–Crippen LogP) is 1.21. The number of hydrogen-bond acceptors (Lipinski definition) is 6. The number of urea groups is 1. The van der Waals surface area contributed by atoms with Gasteiger partial charge in [0, 0.05) is 6.20 Å². The number of carbonyl (C=O) groups excluding carboxylic acids is 1. The van der Waals surface area contributed by atoms with Gasteiger partial charge < -0.3 is 15.5 Å². The molecule has 0 radical (unpaired) electrons. The number of primary amides is 1. The van der Waals surface area contributed by atoms with E-state index in [9.17, 15) is 9.59 Å². The van der Waals surface area contributed by atoms with Crippen LogP contribution < -0.4 is 22.0 Å². The minimum Gasteiger partial charge on any atom is -0.467 e. The molecule has 25 heavy (non-hydrogen) atoms. The number of nitrogens with zero attached hydrogens (tertiary/aromatic N) is 3. The number of hydrazone groups is 1. The fourth-order valence-corrected chi connectivity index (χ4v) is 2.31. The van der Waals surface area contributed by atoms with Crippen LogP contribution in [0, 0.1) is 6.92 Å². The van der Waals surface area contributed by atoms with Crippen LogP contribution in [0.4, 0.5) is 10.6 Å². The van der Waals surface area contributed by atoms with Crippen LogP contribution in [-0.4, -0.2) is 21.6 Å². The van der Waals surface area contributed by atoms with E-state index in [1.807, 2.05) is 13.0 Å². The minimum absolute atomic E-state index is 0.184. The number of fused-ring (bicyclic) bond motifs is 1. The summed E-state index contributed by atoms with van der Waals surface area (Å²) in [5.41, 5.74) is 8.26. The molecular formula is C16H16N6O3. The highest BCUT2D eigenvalue weighted by Gasteiger charge is 2.13. The summed E-state index contributed by atoms with van der Waals surface area (Å²) in [4.78, 5) is 28.0. The summed E-state index contributed by atoms with van der Waals surface area (Å²) in [5, 5.41) is 6.73. The van der Waals surface area contributed by atoms with Gasteiger partial charge in [0.05, 0.1) is 19.0 Å². The molecule has 9 heteroatoms. The average Bonchev–Trinajstić information content (AvgIpc) is 3.09. The van der Waals surface area contributed by atoms with Crippen molar-refractivity contribution in [2.24, 2.45) is 10.8 Å². The summed E-state index contributed by atoms with van der Waals surface area (Å²) in [6.07, 6.45) is 4.38. The molecule has 3 aromatic rings. The van der Waals surface area contributed by atoms with E-state index in [2.05, 4.69) is 20.8 Å². The van der Waals surface area contributed by atoms with Gasteiger partial charge in [0.1, 0.15) is 22.8 Å². The van der Waals surface area contributed by atoms with E-state index in [0.717, 1.165) is 5.56 Å². The lowest BCUT2D eigenvalue weighted by Crippen LogP contribution is -2.26. The third-order valence-corrected chi connectivity index (χ3v) is 3.46. The molecule has 3 rings (SSSR count). The molecule has 3 heterocycles. The van der Waals surface area contributed by atoms with E-state index in [1.54, 1.807) is 30.7 Å². The maximum absolute atomic E-state index is 12.8. The maximum atomic E-state index is 12.8. The summed E-state index contributed by atoms with van der Waals surface area (Å²) in [7, 11) is 0. The maximum Gasteiger partial charge on any atom is 0.332 e. The SMILES string of the molecule is Cc1cccn2c(=O)c(C=NNC(N)=O)c(NCc3ccco3)nc12. The molecular weight excluding hydrogens is 324 g/mol. The largest absolute Gasteiger partial charge is 0.467 e. The van der Waals surface area contributed by atoms with Crippen molar-refractivity contribution >= 4 is 23.7 Å².